The number of thiophene rings is 3. The van der Waals surface area contributed by atoms with Crippen molar-refractivity contribution in [3.8, 4) is 55.8 Å². The molecule has 12 rings (SSSR count). The van der Waals surface area contributed by atoms with Gasteiger partial charge in [-0.1, -0.05) is 140 Å². The summed E-state index contributed by atoms with van der Waals surface area (Å²) >= 11 is 5.52. The summed E-state index contributed by atoms with van der Waals surface area (Å²) in [6.07, 6.45) is 1.72. The van der Waals surface area contributed by atoms with E-state index in [0.717, 1.165) is 26.9 Å². The fourth-order valence-corrected chi connectivity index (χ4v) is 12.1. The van der Waals surface area contributed by atoms with Crippen LogP contribution in [0.3, 0.4) is 0 Å². The summed E-state index contributed by atoms with van der Waals surface area (Å²) in [6.45, 7) is 0. The molecular weight excluding hydrogens is 749 g/mol. The highest BCUT2D eigenvalue weighted by Crippen LogP contribution is 2.44. The van der Waals surface area contributed by atoms with Gasteiger partial charge < -0.3 is 0 Å². The lowest BCUT2D eigenvalue weighted by molar-refractivity contribution is 1.24. The Morgan fingerprint density at radius 2 is 0.789 bits per heavy atom. The molecule has 2 nitrogen and oxygen atoms in total. The molecule has 0 radical (unpaired) electrons. The Labute approximate surface area is 340 Å². The van der Waals surface area contributed by atoms with Crippen molar-refractivity contribution in [1.82, 2.24) is 9.97 Å². The van der Waals surface area contributed by atoms with Crippen molar-refractivity contribution in [3.63, 3.8) is 0 Å². The van der Waals surface area contributed by atoms with Gasteiger partial charge in [-0.25, -0.2) is 9.97 Å². The van der Waals surface area contributed by atoms with Gasteiger partial charge in [-0.05, 0) is 80.9 Å². The molecule has 4 heterocycles. The van der Waals surface area contributed by atoms with Crippen LogP contribution in [0.25, 0.3) is 116 Å². The van der Waals surface area contributed by atoms with Gasteiger partial charge in [0.05, 0.1) is 15.9 Å². The molecule has 0 amide bonds. The zero-order valence-corrected chi connectivity index (χ0v) is 32.9. The molecule has 0 aliphatic carbocycles. The highest BCUT2D eigenvalue weighted by molar-refractivity contribution is 7.27. The van der Waals surface area contributed by atoms with E-state index < -0.39 is 0 Å². The first-order valence-electron chi connectivity index (χ1n) is 19.0. The Morgan fingerprint density at radius 1 is 0.298 bits per heavy atom. The van der Waals surface area contributed by atoms with Crippen molar-refractivity contribution < 1.29 is 0 Å². The van der Waals surface area contributed by atoms with Crippen LogP contribution in [0, 0.1) is 0 Å². The summed E-state index contributed by atoms with van der Waals surface area (Å²) in [5.41, 5.74) is 12.8. The first-order chi connectivity index (χ1) is 28.2. The number of hydrogen-bond donors (Lipinski definition) is 0. The minimum atomic E-state index is 0.969. The monoisotopic (exact) mass is 778 g/mol. The van der Waals surface area contributed by atoms with Crippen molar-refractivity contribution in [2.45, 2.75) is 0 Å². The molecule has 0 atom stereocenters. The minimum Gasteiger partial charge on any atom is -0.235 e. The van der Waals surface area contributed by atoms with Crippen LogP contribution in [0.15, 0.2) is 182 Å². The first-order valence-corrected chi connectivity index (χ1v) is 21.5. The molecule has 0 spiro atoms. The third-order valence-electron chi connectivity index (χ3n) is 11.2. The van der Waals surface area contributed by atoms with Gasteiger partial charge in [0.25, 0.3) is 0 Å². The number of aromatic nitrogens is 2. The fraction of sp³-hybridized carbons (Fsp3) is 0. The van der Waals surface area contributed by atoms with Crippen LogP contribution in [0.5, 0.6) is 0 Å². The van der Waals surface area contributed by atoms with E-state index >= 15 is 0 Å². The number of benzene rings is 8. The van der Waals surface area contributed by atoms with E-state index in [-0.39, 0.29) is 0 Å². The molecule has 8 aromatic carbocycles. The third-order valence-corrected chi connectivity index (χ3v) is 14.8. The van der Waals surface area contributed by atoms with Gasteiger partial charge in [0, 0.05) is 56.0 Å². The van der Waals surface area contributed by atoms with Gasteiger partial charge in [-0.15, -0.1) is 34.0 Å². The molecular formula is C52H30N2S3. The number of rotatable bonds is 5. The molecule has 5 heteroatoms. The van der Waals surface area contributed by atoms with Gasteiger partial charge in [-0.3, -0.25) is 0 Å². The predicted octanol–water partition coefficient (Wildman–Crippen LogP) is 15.9. The van der Waals surface area contributed by atoms with Crippen LogP contribution >= 0.6 is 34.0 Å². The maximum absolute atomic E-state index is 4.88. The van der Waals surface area contributed by atoms with Crippen LogP contribution in [0.1, 0.15) is 0 Å². The molecule has 0 N–H and O–H groups in total. The van der Waals surface area contributed by atoms with E-state index in [1.54, 1.807) is 17.7 Å². The van der Waals surface area contributed by atoms with Gasteiger partial charge >= 0.3 is 0 Å². The molecule has 12 aromatic rings. The Balaban J connectivity index is 0.886. The fourth-order valence-electron chi connectivity index (χ4n) is 8.47. The summed E-state index contributed by atoms with van der Waals surface area (Å²) in [6, 6.07) is 64.3. The maximum atomic E-state index is 4.88. The molecule has 266 valence electrons. The van der Waals surface area contributed by atoms with Crippen molar-refractivity contribution in [2.75, 3.05) is 0 Å². The van der Waals surface area contributed by atoms with E-state index in [2.05, 4.69) is 176 Å². The van der Waals surface area contributed by atoms with E-state index in [9.17, 15) is 0 Å². The lowest BCUT2D eigenvalue weighted by atomic mass is 9.97. The van der Waals surface area contributed by atoms with E-state index in [4.69, 9.17) is 9.97 Å². The molecule has 0 bridgehead atoms. The molecule has 4 aromatic heterocycles. The molecule has 0 unspecified atom stereocenters. The van der Waals surface area contributed by atoms with Crippen molar-refractivity contribution in [3.05, 3.63) is 182 Å². The topological polar surface area (TPSA) is 25.8 Å². The number of fused-ring (bicyclic) bond motifs is 9. The van der Waals surface area contributed by atoms with E-state index in [1.807, 2.05) is 22.7 Å². The van der Waals surface area contributed by atoms with Crippen molar-refractivity contribution >= 4 is 94.7 Å². The van der Waals surface area contributed by atoms with Gasteiger partial charge in [0.2, 0.25) is 0 Å². The Kier molecular flexibility index (Phi) is 7.48. The number of hydrogen-bond acceptors (Lipinski definition) is 5. The second-order valence-corrected chi connectivity index (χ2v) is 17.7. The zero-order chi connectivity index (χ0) is 37.5. The Morgan fingerprint density at radius 3 is 1.51 bits per heavy atom. The predicted molar refractivity (Wildman–Crippen MR) is 248 cm³/mol. The average molecular weight is 779 g/mol. The molecule has 0 saturated heterocycles. The second-order valence-electron chi connectivity index (χ2n) is 14.5. The summed E-state index contributed by atoms with van der Waals surface area (Å²) in [7, 11) is 0. The Hall–Kier alpha value is -6.50. The maximum Gasteiger partial charge on any atom is 0.116 e. The van der Waals surface area contributed by atoms with Crippen LogP contribution < -0.4 is 0 Å². The SMILES string of the molecule is c1cc(-c2ccc3sc4c(-c5cccc(-c6ccc(-c7cccc8c7sc7ccccc78)cc6)c5)ncnc4c3c2)cc(-c2cccc3c2sc2ccccc23)c1. The van der Waals surface area contributed by atoms with Gasteiger partial charge in [0.1, 0.15) is 6.33 Å². The standard InChI is InChI=1S/C52H30N2S3/c1-3-19-45-40(13-1)42-17-7-15-38(50(42)55-45)32-23-21-31(22-24-32)33-9-6-12-37(28-33)48-52-49(54-30-53-48)44-29-35(25-26-47(44)57-52)34-10-5-11-36(27-34)39-16-8-18-43-41-14-2-4-20-46(41)56-51(39)43/h1-30H. The van der Waals surface area contributed by atoms with Crippen molar-refractivity contribution in [2.24, 2.45) is 0 Å². The minimum absolute atomic E-state index is 0.969. The summed E-state index contributed by atoms with van der Waals surface area (Å²) < 4.78 is 7.65. The van der Waals surface area contributed by atoms with Gasteiger partial charge in [-0.2, -0.15) is 0 Å². The smallest absolute Gasteiger partial charge is 0.116 e. The van der Waals surface area contributed by atoms with Crippen LogP contribution in [-0.2, 0) is 0 Å². The van der Waals surface area contributed by atoms with Crippen LogP contribution in [-0.4, -0.2) is 9.97 Å². The van der Waals surface area contributed by atoms with Crippen LogP contribution in [0.2, 0.25) is 0 Å². The average Bonchev–Trinajstić information content (AvgIpc) is 3.98. The quantitative estimate of drug-likeness (QED) is 0.174. The normalized spacial score (nSPS) is 11.9. The highest BCUT2D eigenvalue weighted by Gasteiger charge is 2.16. The molecule has 0 aliphatic rings. The summed E-state index contributed by atoms with van der Waals surface area (Å²) in [5, 5.41) is 6.46. The lowest BCUT2D eigenvalue weighted by Gasteiger charge is -2.09. The second kappa shape index (κ2) is 13.0. The highest BCUT2D eigenvalue weighted by atomic mass is 32.1. The number of nitrogens with zero attached hydrogens (tertiary/aromatic N) is 2. The van der Waals surface area contributed by atoms with Crippen LogP contribution in [0.4, 0.5) is 0 Å². The largest absolute Gasteiger partial charge is 0.235 e. The Bertz CT molecular complexity index is 3530. The first kappa shape index (κ1) is 32.7. The summed E-state index contributed by atoms with van der Waals surface area (Å²) in [4.78, 5) is 9.74. The van der Waals surface area contributed by atoms with E-state index in [1.165, 1.54) is 89.6 Å². The molecule has 0 fully saturated rings. The molecule has 57 heavy (non-hydrogen) atoms. The molecule has 0 aliphatic heterocycles. The molecule has 0 saturated carbocycles. The lowest BCUT2D eigenvalue weighted by Crippen LogP contribution is -1.87. The third kappa shape index (κ3) is 5.35. The summed E-state index contributed by atoms with van der Waals surface area (Å²) in [5.74, 6) is 0. The van der Waals surface area contributed by atoms with Gasteiger partial charge in [0.15, 0.2) is 0 Å². The van der Waals surface area contributed by atoms with Crippen molar-refractivity contribution in [1.29, 1.82) is 0 Å². The zero-order valence-electron chi connectivity index (χ0n) is 30.4. The van der Waals surface area contributed by atoms with E-state index in [0.29, 0.717) is 0 Å².